The molecule has 0 radical (unpaired) electrons. The van der Waals surface area contributed by atoms with E-state index in [4.69, 9.17) is 11.6 Å². The van der Waals surface area contributed by atoms with E-state index >= 15 is 0 Å². The van der Waals surface area contributed by atoms with Gasteiger partial charge in [-0.3, -0.25) is 4.79 Å². The number of amides is 1. The molecule has 0 aliphatic rings. The number of nitrogens with zero attached hydrogens (tertiary/aromatic N) is 4. The summed E-state index contributed by atoms with van der Waals surface area (Å²) in [4.78, 5) is 20.3. The number of aromatic nitrogens is 4. The number of fused-ring (bicyclic) bond motifs is 1. The van der Waals surface area contributed by atoms with Gasteiger partial charge in [0, 0.05) is 17.1 Å². The topological polar surface area (TPSA) is 72.2 Å². The van der Waals surface area contributed by atoms with Crippen LogP contribution in [-0.2, 0) is 12.7 Å². The van der Waals surface area contributed by atoms with Gasteiger partial charge in [0.25, 0.3) is 11.7 Å². The monoisotopic (exact) mass is 449 g/mol. The summed E-state index contributed by atoms with van der Waals surface area (Å²) in [5.74, 6) is -2.24. The molecule has 0 saturated heterocycles. The van der Waals surface area contributed by atoms with Gasteiger partial charge in [0.15, 0.2) is 5.69 Å². The van der Waals surface area contributed by atoms with Crippen LogP contribution in [0, 0.1) is 5.82 Å². The predicted octanol–water partition coefficient (Wildman–Crippen LogP) is 4.53. The van der Waals surface area contributed by atoms with E-state index in [1.165, 1.54) is 12.1 Å². The second kappa shape index (κ2) is 7.95. The lowest BCUT2D eigenvalue weighted by Crippen LogP contribution is -2.24. The molecular formula is C20H12ClF4N5O. The van der Waals surface area contributed by atoms with Crippen LogP contribution in [0.1, 0.15) is 21.9 Å². The molecule has 158 valence electrons. The molecule has 0 aliphatic heterocycles. The maximum absolute atomic E-state index is 13.6. The van der Waals surface area contributed by atoms with E-state index in [2.05, 4.69) is 20.4 Å². The van der Waals surface area contributed by atoms with Crippen molar-refractivity contribution in [2.24, 2.45) is 0 Å². The first-order valence-corrected chi connectivity index (χ1v) is 9.23. The Labute approximate surface area is 177 Å². The molecule has 4 rings (SSSR count). The van der Waals surface area contributed by atoms with Crippen LogP contribution in [0.25, 0.3) is 17.0 Å². The van der Waals surface area contributed by atoms with E-state index in [0.29, 0.717) is 15.1 Å². The zero-order chi connectivity index (χ0) is 22.2. The van der Waals surface area contributed by atoms with E-state index in [9.17, 15) is 22.4 Å². The van der Waals surface area contributed by atoms with Crippen LogP contribution in [-0.4, -0.2) is 25.5 Å². The molecule has 11 heteroatoms. The minimum atomic E-state index is -4.80. The molecule has 2 aromatic carbocycles. The number of halogens is 5. The lowest BCUT2D eigenvalue weighted by atomic mass is 10.1. The third-order valence-electron chi connectivity index (χ3n) is 4.34. The first-order valence-electron chi connectivity index (χ1n) is 8.85. The molecule has 0 unspecified atom stereocenters. The highest BCUT2D eigenvalue weighted by molar-refractivity contribution is 6.31. The van der Waals surface area contributed by atoms with Crippen molar-refractivity contribution < 1.29 is 22.4 Å². The maximum Gasteiger partial charge on any atom is 0.433 e. The van der Waals surface area contributed by atoms with E-state index in [-0.39, 0.29) is 17.8 Å². The van der Waals surface area contributed by atoms with Gasteiger partial charge in [-0.2, -0.15) is 22.7 Å². The Balaban J connectivity index is 1.70. The number of carbonyl (C=O) groups is 1. The molecule has 0 aliphatic carbocycles. The molecule has 0 saturated carbocycles. The van der Waals surface area contributed by atoms with Crippen molar-refractivity contribution in [2.75, 3.05) is 0 Å². The predicted molar refractivity (Wildman–Crippen MR) is 104 cm³/mol. The standard InChI is InChI=1S/C20H12ClF4N5O/c21-14-4-2-1-3-12(14)10-26-18(31)17-28-19-27-15(11-5-7-13(22)8-6-11)9-16(20(23,24)25)30(19)29-17/h1-9H,10H2,(H,26,31). The largest absolute Gasteiger partial charge is 0.433 e. The molecule has 0 fully saturated rings. The fourth-order valence-electron chi connectivity index (χ4n) is 2.83. The normalized spacial score (nSPS) is 11.6. The van der Waals surface area contributed by atoms with E-state index < -0.39 is 35.2 Å². The summed E-state index contributed by atoms with van der Waals surface area (Å²) in [5, 5.41) is 6.62. The Morgan fingerprint density at radius 1 is 1.06 bits per heavy atom. The molecular weight excluding hydrogens is 438 g/mol. The van der Waals surface area contributed by atoms with Gasteiger partial charge in [0.05, 0.1) is 5.69 Å². The fraction of sp³-hybridized carbons (Fsp3) is 0.100. The van der Waals surface area contributed by atoms with Gasteiger partial charge in [-0.1, -0.05) is 29.8 Å². The van der Waals surface area contributed by atoms with Crippen LogP contribution in [0.3, 0.4) is 0 Å². The van der Waals surface area contributed by atoms with E-state index in [0.717, 1.165) is 18.2 Å². The van der Waals surface area contributed by atoms with Gasteiger partial charge in [-0.15, -0.1) is 5.10 Å². The third-order valence-corrected chi connectivity index (χ3v) is 4.71. The minimum absolute atomic E-state index is 0.0362. The molecule has 31 heavy (non-hydrogen) atoms. The average Bonchev–Trinajstić information content (AvgIpc) is 3.16. The fourth-order valence-corrected chi connectivity index (χ4v) is 3.03. The van der Waals surface area contributed by atoms with Gasteiger partial charge in [-0.25, -0.2) is 9.37 Å². The van der Waals surface area contributed by atoms with Crippen molar-refractivity contribution in [3.05, 3.63) is 82.5 Å². The van der Waals surface area contributed by atoms with Gasteiger partial charge in [-0.05, 0) is 42.0 Å². The quantitative estimate of drug-likeness (QED) is 0.465. The van der Waals surface area contributed by atoms with Crippen LogP contribution in [0.4, 0.5) is 17.6 Å². The van der Waals surface area contributed by atoms with Gasteiger partial charge >= 0.3 is 6.18 Å². The van der Waals surface area contributed by atoms with Gasteiger partial charge < -0.3 is 5.32 Å². The summed E-state index contributed by atoms with van der Waals surface area (Å²) < 4.78 is 54.4. The lowest BCUT2D eigenvalue weighted by Gasteiger charge is -2.10. The second-order valence-corrected chi connectivity index (χ2v) is 6.86. The summed E-state index contributed by atoms with van der Waals surface area (Å²) in [6.45, 7) is 0.0362. The molecule has 4 aromatic rings. The summed E-state index contributed by atoms with van der Waals surface area (Å²) in [6, 6.07) is 12.3. The van der Waals surface area contributed by atoms with Crippen LogP contribution in [0.15, 0.2) is 54.6 Å². The van der Waals surface area contributed by atoms with Gasteiger partial charge in [0.1, 0.15) is 5.82 Å². The Morgan fingerprint density at radius 3 is 2.45 bits per heavy atom. The van der Waals surface area contributed by atoms with Gasteiger partial charge in [0.2, 0.25) is 5.82 Å². The summed E-state index contributed by atoms with van der Waals surface area (Å²) in [6.07, 6.45) is -4.80. The zero-order valence-corrected chi connectivity index (χ0v) is 16.2. The number of alkyl halides is 3. The van der Waals surface area contributed by atoms with Crippen molar-refractivity contribution in [1.82, 2.24) is 24.9 Å². The summed E-state index contributed by atoms with van der Waals surface area (Å²) >= 11 is 6.03. The van der Waals surface area contributed by atoms with Crippen molar-refractivity contribution in [3.8, 4) is 11.3 Å². The van der Waals surface area contributed by atoms with E-state index in [1.54, 1.807) is 24.3 Å². The van der Waals surface area contributed by atoms with Crippen LogP contribution >= 0.6 is 11.6 Å². The number of benzene rings is 2. The number of nitrogens with one attached hydrogen (secondary N) is 1. The Bertz CT molecular complexity index is 1270. The van der Waals surface area contributed by atoms with E-state index in [1.807, 2.05) is 0 Å². The Hall–Kier alpha value is -3.53. The smallest absolute Gasteiger partial charge is 0.345 e. The third kappa shape index (κ3) is 4.33. The van der Waals surface area contributed by atoms with Crippen LogP contribution < -0.4 is 5.32 Å². The number of hydrogen-bond acceptors (Lipinski definition) is 4. The zero-order valence-electron chi connectivity index (χ0n) is 15.5. The number of rotatable bonds is 4. The Kier molecular flexibility index (Phi) is 5.32. The molecule has 2 heterocycles. The molecule has 1 N–H and O–H groups in total. The highest BCUT2D eigenvalue weighted by Crippen LogP contribution is 2.32. The number of hydrogen-bond donors (Lipinski definition) is 1. The first kappa shape index (κ1) is 20.7. The van der Waals surface area contributed by atoms with Crippen molar-refractivity contribution in [3.63, 3.8) is 0 Å². The second-order valence-electron chi connectivity index (χ2n) is 6.45. The number of carbonyl (C=O) groups excluding carboxylic acids is 1. The summed E-state index contributed by atoms with van der Waals surface area (Å²) in [7, 11) is 0. The molecule has 0 atom stereocenters. The minimum Gasteiger partial charge on any atom is -0.345 e. The highest BCUT2D eigenvalue weighted by atomic mass is 35.5. The SMILES string of the molecule is O=C(NCc1ccccc1Cl)c1nc2nc(-c3ccc(F)cc3)cc(C(F)(F)F)n2n1. The first-order chi connectivity index (χ1) is 14.7. The van der Waals surface area contributed by atoms with Crippen molar-refractivity contribution >= 4 is 23.3 Å². The lowest BCUT2D eigenvalue weighted by molar-refractivity contribution is -0.142. The molecule has 2 aromatic heterocycles. The molecule has 0 spiro atoms. The highest BCUT2D eigenvalue weighted by Gasteiger charge is 2.36. The molecule has 6 nitrogen and oxygen atoms in total. The van der Waals surface area contributed by atoms with Crippen LogP contribution in [0.5, 0.6) is 0 Å². The Morgan fingerprint density at radius 2 is 1.77 bits per heavy atom. The molecule has 0 bridgehead atoms. The van der Waals surface area contributed by atoms with Crippen molar-refractivity contribution in [1.29, 1.82) is 0 Å². The van der Waals surface area contributed by atoms with Crippen LogP contribution in [0.2, 0.25) is 5.02 Å². The average molecular weight is 450 g/mol. The summed E-state index contributed by atoms with van der Waals surface area (Å²) in [5.41, 5.74) is -0.388. The molecule has 1 amide bonds. The maximum atomic E-state index is 13.6. The van der Waals surface area contributed by atoms with Crippen molar-refractivity contribution in [2.45, 2.75) is 12.7 Å².